The fraction of sp³-hybridized carbons (Fsp3) is 0.500. The molecule has 1 N–H and O–H groups in total. The van der Waals surface area contributed by atoms with Crippen molar-refractivity contribution in [2.75, 3.05) is 13.1 Å². The summed E-state index contributed by atoms with van der Waals surface area (Å²) in [6.45, 7) is 2.08. The molecule has 2 heterocycles. The van der Waals surface area contributed by atoms with Crippen LogP contribution in [0.15, 0.2) is 24.5 Å². The van der Waals surface area contributed by atoms with E-state index in [9.17, 15) is 0 Å². The third-order valence-corrected chi connectivity index (χ3v) is 2.20. The maximum Gasteiger partial charge on any atom is 0.122 e. The second kappa shape index (κ2) is 5.83. The fourth-order valence-corrected chi connectivity index (χ4v) is 1.53. The average molecular weight is 215 g/mol. The number of nitrogens with one attached hydrogen (secondary N) is 1. The highest BCUT2D eigenvalue weighted by Crippen LogP contribution is 2.13. The summed E-state index contributed by atoms with van der Waals surface area (Å²) in [5.74, 6) is 0.920. The van der Waals surface area contributed by atoms with Crippen LogP contribution >= 0.6 is 12.4 Å². The van der Waals surface area contributed by atoms with Crippen LogP contribution in [-0.4, -0.2) is 24.2 Å². The van der Waals surface area contributed by atoms with Crippen molar-refractivity contribution in [3.05, 3.63) is 24.5 Å². The lowest BCUT2D eigenvalue weighted by atomic mass is 10.1. The first-order valence-corrected chi connectivity index (χ1v) is 4.72. The Kier molecular flexibility index (Phi) is 4.70. The molecule has 0 unspecified atom stereocenters. The van der Waals surface area contributed by atoms with Gasteiger partial charge in [0.05, 0.1) is 0 Å². The van der Waals surface area contributed by atoms with E-state index in [-0.39, 0.29) is 12.4 Å². The summed E-state index contributed by atoms with van der Waals surface area (Å²) < 4.78 is 5.75. The first-order valence-electron chi connectivity index (χ1n) is 4.72. The minimum atomic E-state index is 0. The molecule has 1 saturated heterocycles. The second-order valence-electron chi connectivity index (χ2n) is 3.27. The average Bonchev–Trinajstić information content (AvgIpc) is 2.21. The highest BCUT2D eigenvalue weighted by molar-refractivity contribution is 5.85. The summed E-state index contributed by atoms with van der Waals surface area (Å²) in [5.41, 5.74) is 0. The van der Waals surface area contributed by atoms with Gasteiger partial charge in [-0.2, -0.15) is 0 Å². The Bertz CT molecular complexity index is 250. The Labute approximate surface area is 90.3 Å². The van der Waals surface area contributed by atoms with Gasteiger partial charge in [0.25, 0.3) is 0 Å². The minimum Gasteiger partial charge on any atom is -0.489 e. The number of hydrogen-bond donors (Lipinski definition) is 1. The van der Waals surface area contributed by atoms with Crippen LogP contribution in [-0.2, 0) is 0 Å². The predicted octanol–water partition coefficient (Wildman–Crippen LogP) is 1.63. The third kappa shape index (κ3) is 3.16. The molecule has 0 bridgehead atoms. The van der Waals surface area contributed by atoms with E-state index in [4.69, 9.17) is 4.74 Å². The number of rotatable bonds is 2. The van der Waals surface area contributed by atoms with Crippen molar-refractivity contribution >= 4 is 12.4 Å². The number of aromatic nitrogens is 1. The van der Waals surface area contributed by atoms with E-state index >= 15 is 0 Å². The highest BCUT2D eigenvalue weighted by Gasteiger charge is 2.13. The molecule has 1 atom stereocenters. The molecule has 1 aliphatic rings. The van der Waals surface area contributed by atoms with Gasteiger partial charge in [0, 0.05) is 18.9 Å². The normalized spacial score (nSPS) is 21.0. The summed E-state index contributed by atoms with van der Waals surface area (Å²) in [6, 6.07) is 3.79. The minimum absolute atomic E-state index is 0. The maximum absolute atomic E-state index is 5.75. The van der Waals surface area contributed by atoms with Gasteiger partial charge in [-0.25, -0.2) is 0 Å². The van der Waals surface area contributed by atoms with Gasteiger partial charge < -0.3 is 10.1 Å². The Morgan fingerprint density at radius 2 is 2.14 bits per heavy atom. The largest absolute Gasteiger partial charge is 0.489 e. The second-order valence-corrected chi connectivity index (χ2v) is 3.27. The summed E-state index contributed by atoms with van der Waals surface area (Å²) in [6.07, 6.45) is 6.19. The molecule has 0 spiro atoms. The SMILES string of the molecule is Cl.c1cc(O[C@H]2CCCNC2)ccn1. The molecular weight excluding hydrogens is 200 g/mol. The maximum atomic E-state index is 5.75. The van der Waals surface area contributed by atoms with Crippen molar-refractivity contribution in [1.29, 1.82) is 0 Å². The monoisotopic (exact) mass is 214 g/mol. The molecule has 1 aliphatic heterocycles. The molecule has 0 amide bonds. The molecule has 3 nitrogen and oxygen atoms in total. The summed E-state index contributed by atoms with van der Waals surface area (Å²) >= 11 is 0. The molecule has 0 radical (unpaired) electrons. The lowest BCUT2D eigenvalue weighted by Crippen LogP contribution is -2.37. The van der Waals surface area contributed by atoms with E-state index in [2.05, 4.69) is 10.3 Å². The van der Waals surface area contributed by atoms with Crippen LogP contribution in [0.3, 0.4) is 0 Å². The van der Waals surface area contributed by atoms with E-state index in [0.29, 0.717) is 6.10 Å². The number of hydrogen-bond acceptors (Lipinski definition) is 3. The molecule has 1 aromatic rings. The molecule has 2 rings (SSSR count). The molecule has 14 heavy (non-hydrogen) atoms. The van der Waals surface area contributed by atoms with Crippen LogP contribution in [0, 0.1) is 0 Å². The number of halogens is 1. The smallest absolute Gasteiger partial charge is 0.122 e. The topological polar surface area (TPSA) is 34.1 Å². The first kappa shape index (κ1) is 11.3. The summed E-state index contributed by atoms with van der Waals surface area (Å²) in [5, 5.41) is 3.31. The van der Waals surface area contributed by atoms with Gasteiger partial charge in [-0.05, 0) is 31.5 Å². The van der Waals surface area contributed by atoms with Crippen LogP contribution in [0.25, 0.3) is 0 Å². The van der Waals surface area contributed by atoms with Crippen LogP contribution in [0.1, 0.15) is 12.8 Å². The van der Waals surface area contributed by atoms with Gasteiger partial charge in [-0.3, -0.25) is 4.98 Å². The van der Waals surface area contributed by atoms with Crippen molar-refractivity contribution in [3.8, 4) is 5.75 Å². The number of pyridine rings is 1. The zero-order valence-electron chi connectivity index (χ0n) is 7.98. The molecule has 0 aromatic carbocycles. The van der Waals surface area contributed by atoms with Crippen LogP contribution < -0.4 is 10.1 Å². The van der Waals surface area contributed by atoms with Gasteiger partial charge in [-0.1, -0.05) is 0 Å². The highest BCUT2D eigenvalue weighted by atomic mass is 35.5. The fourth-order valence-electron chi connectivity index (χ4n) is 1.53. The molecule has 0 aliphatic carbocycles. The van der Waals surface area contributed by atoms with Gasteiger partial charge in [0.1, 0.15) is 11.9 Å². The van der Waals surface area contributed by atoms with Gasteiger partial charge in [-0.15, -0.1) is 12.4 Å². The first-order chi connectivity index (χ1) is 6.45. The third-order valence-electron chi connectivity index (χ3n) is 2.20. The molecule has 4 heteroatoms. The van der Waals surface area contributed by atoms with Crippen LogP contribution in [0.2, 0.25) is 0 Å². The van der Waals surface area contributed by atoms with E-state index < -0.39 is 0 Å². The Morgan fingerprint density at radius 3 is 2.79 bits per heavy atom. The number of ether oxygens (including phenoxy) is 1. The molecule has 78 valence electrons. The van der Waals surface area contributed by atoms with E-state index in [1.165, 1.54) is 6.42 Å². The number of nitrogens with zero attached hydrogens (tertiary/aromatic N) is 1. The van der Waals surface area contributed by atoms with E-state index in [0.717, 1.165) is 25.3 Å². The lowest BCUT2D eigenvalue weighted by Gasteiger charge is -2.23. The van der Waals surface area contributed by atoms with Crippen molar-refractivity contribution in [2.24, 2.45) is 0 Å². The Balaban J connectivity index is 0.000000980. The number of piperidine rings is 1. The van der Waals surface area contributed by atoms with Gasteiger partial charge >= 0.3 is 0 Å². The molecule has 1 aromatic heterocycles. The van der Waals surface area contributed by atoms with Crippen LogP contribution in [0.5, 0.6) is 5.75 Å². The van der Waals surface area contributed by atoms with Gasteiger partial charge in [0.2, 0.25) is 0 Å². The Hall–Kier alpha value is -0.800. The van der Waals surface area contributed by atoms with Crippen LogP contribution in [0.4, 0.5) is 0 Å². The predicted molar refractivity (Wildman–Crippen MR) is 58.0 cm³/mol. The van der Waals surface area contributed by atoms with E-state index in [1.807, 2.05) is 12.1 Å². The van der Waals surface area contributed by atoms with Crippen molar-refractivity contribution in [2.45, 2.75) is 18.9 Å². The Morgan fingerprint density at radius 1 is 1.36 bits per heavy atom. The molecule has 1 fully saturated rings. The quantitative estimate of drug-likeness (QED) is 0.813. The zero-order valence-corrected chi connectivity index (χ0v) is 8.80. The van der Waals surface area contributed by atoms with E-state index in [1.54, 1.807) is 12.4 Å². The van der Waals surface area contributed by atoms with Crippen molar-refractivity contribution < 1.29 is 4.74 Å². The zero-order chi connectivity index (χ0) is 8.93. The molecule has 0 saturated carbocycles. The standard InChI is InChI=1S/C10H14N2O.ClH/c1-2-10(8-12-5-1)13-9-3-6-11-7-4-9;/h3-4,6-7,10,12H,1-2,5,8H2;1H/t10-;/m0./s1. The molecular formula is C10H15ClN2O. The summed E-state index contributed by atoms with van der Waals surface area (Å²) in [7, 11) is 0. The van der Waals surface area contributed by atoms with Crippen molar-refractivity contribution in [1.82, 2.24) is 10.3 Å². The lowest BCUT2D eigenvalue weighted by molar-refractivity contribution is 0.167. The summed E-state index contributed by atoms with van der Waals surface area (Å²) in [4.78, 5) is 3.94. The van der Waals surface area contributed by atoms with Gasteiger partial charge in [0.15, 0.2) is 0 Å². The van der Waals surface area contributed by atoms with Crippen molar-refractivity contribution in [3.63, 3.8) is 0 Å².